The number of benzene rings is 2. The Morgan fingerprint density at radius 2 is 1.48 bits per heavy atom. The van der Waals surface area contributed by atoms with Crippen LogP contribution in [0.15, 0.2) is 60.7 Å². The predicted octanol–water partition coefficient (Wildman–Crippen LogP) is 3.43. The van der Waals surface area contributed by atoms with Crippen molar-refractivity contribution in [3.05, 3.63) is 60.7 Å². The first-order valence-corrected chi connectivity index (χ1v) is 11.9. The van der Waals surface area contributed by atoms with Crippen LogP contribution in [0.2, 0.25) is 5.04 Å². The normalized spacial score (nSPS) is 16.8. The second-order valence-electron chi connectivity index (χ2n) is 8.48. The molecule has 1 aliphatic rings. The van der Waals surface area contributed by atoms with Gasteiger partial charge in [0.15, 0.2) is 8.24 Å². The van der Waals surface area contributed by atoms with Gasteiger partial charge in [-0.25, -0.2) is 0 Å². The maximum absolute atomic E-state index is 9.03. The van der Waals surface area contributed by atoms with Gasteiger partial charge in [-0.15, -0.1) is 0 Å². The minimum Gasteiger partial charge on any atom is -0.304 e. The zero-order valence-electron chi connectivity index (χ0n) is 16.9. The van der Waals surface area contributed by atoms with Gasteiger partial charge in [0.25, 0.3) is 0 Å². The molecule has 0 unspecified atom stereocenters. The molecule has 27 heavy (non-hydrogen) atoms. The lowest BCUT2D eigenvalue weighted by atomic mass is 10.2. The zero-order valence-corrected chi connectivity index (χ0v) is 17.9. The highest BCUT2D eigenvalue weighted by molar-refractivity contribution is 7.02. The van der Waals surface area contributed by atoms with E-state index in [9.17, 15) is 0 Å². The standard InChI is InChI=1S/C23H31N3Si/c1-23(2,3)27(21-12-6-4-7-13-21,22-14-8-5-9-15-22)26-19-11-18-25(20-26)17-10-16-24/h4-9,12-15H,10-11,17-20H2,1-3H3. The Bertz CT molecular complexity index is 722. The van der Waals surface area contributed by atoms with Gasteiger partial charge in [-0.1, -0.05) is 81.4 Å². The Morgan fingerprint density at radius 1 is 0.926 bits per heavy atom. The molecule has 3 nitrogen and oxygen atoms in total. The Morgan fingerprint density at radius 3 is 1.96 bits per heavy atom. The van der Waals surface area contributed by atoms with Crippen LogP contribution >= 0.6 is 0 Å². The number of nitriles is 1. The van der Waals surface area contributed by atoms with Gasteiger partial charge in [0, 0.05) is 26.2 Å². The third-order valence-corrected chi connectivity index (χ3v) is 11.6. The highest BCUT2D eigenvalue weighted by Gasteiger charge is 2.53. The first-order chi connectivity index (χ1) is 13.0. The van der Waals surface area contributed by atoms with Crippen LogP contribution in [0.3, 0.4) is 0 Å². The fourth-order valence-electron chi connectivity index (χ4n) is 4.76. The zero-order chi connectivity index (χ0) is 19.3. The molecule has 3 rings (SSSR count). The maximum atomic E-state index is 9.03. The van der Waals surface area contributed by atoms with E-state index in [0.29, 0.717) is 6.42 Å². The summed E-state index contributed by atoms with van der Waals surface area (Å²) in [7, 11) is -2.22. The lowest BCUT2D eigenvalue weighted by Crippen LogP contribution is -2.76. The van der Waals surface area contributed by atoms with Crippen molar-refractivity contribution in [2.45, 2.75) is 38.7 Å². The van der Waals surface area contributed by atoms with Gasteiger partial charge >= 0.3 is 0 Å². The SMILES string of the molecule is CC(C)(C)[Si](c1ccccc1)(c1ccccc1)N1CCCN(CCC#N)C1. The molecule has 2 aromatic rings. The van der Waals surface area contributed by atoms with Crippen molar-refractivity contribution in [3.8, 4) is 6.07 Å². The molecule has 142 valence electrons. The average molecular weight is 378 g/mol. The highest BCUT2D eigenvalue weighted by atomic mass is 28.3. The van der Waals surface area contributed by atoms with Crippen LogP contribution in [0.25, 0.3) is 0 Å². The fourth-order valence-corrected chi connectivity index (χ4v) is 10.8. The van der Waals surface area contributed by atoms with Crippen molar-refractivity contribution in [1.82, 2.24) is 9.47 Å². The fraction of sp³-hybridized carbons (Fsp3) is 0.435. The Labute approximate surface area is 165 Å². The molecule has 0 bridgehead atoms. The summed E-state index contributed by atoms with van der Waals surface area (Å²) in [6.45, 7) is 11.3. The summed E-state index contributed by atoms with van der Waals surface area (Å²) in [6.07, 6.45) is 1.77. The molecule has 4 heteroatoms. The van der Waals surface area contributed by atoms with E-state index in [0.717, 1.165) is 32.7 Å². The smallest absolute Gasteiger partial charge is 0.199 e. The van der Waals surface area contributed by atoms with Crippen LogP contribution in [0, 0.1) is 11.3 Å². The molecule has 0 aliphatic carbocycles. The first kappa shape index (κ1) is 19.8. The van der Waals surface area contributed by atoms with Gasteiger partial charge in [-0.3, -0.25) is 4.90 Å². The molecule has 1 aliphatic heterocycles. The van der Waals surface area contributed by atoms with Crippen molar-refractivity contribution in [1.29, 1.82) is 5.26 Å². The van der Waals surface area contributed by atoms with Gasteiger partial charge < -0.3 is 4.57 Å². The largest absolute Gasteiger partial charge is 0.304 e. The second kappa shape index (κ2) is 8.39. The van der Waals surface area contributed by atoms with Crippen LogP contribution in [0.1, 0.15) is 33.6 Å². The lowest BCUT2D eigenvalue weighted by Gasteiger charge is -2.54. The summed E-state index contributed by atoms with van der Waals surface area (Å²) >= 11 is 0. The summed E-state index contributed by atoms with van der Waals surface area (Å²) in [6, 6.07) is 24.6. The summed E-state index contributed by atoms with van der Waals surface area (Å²) in [5.74, 6) is 0. The van der Waals surface area contributed by atoms with Gasteiger partial charge in [0.1, 0.15) is 0 Å². The summed E-state index contributed by atoms with van der Waals surface area (Å²) < 4.78 is 2.78. The summed E-state index contributed by atoms with van der Waals surface area (Å²) in [5.41, 5.74) is 0. The molecule has 1 saturated heterocycles. The van der Waals surface area contributed by atoms with E-state index >= 15 is 0 Å². The van der Waals surface area contributed by atoms with E-state index in [1.807, 2.05) is 0 Å². The second-order valence-corrected chi connectivity index (χ2v) is 13.2. The molecule has 0 atom stereocenters. The number of nitrogens with zero attached hydrogens (tertiary/aromatic N) is 3. The van der Waals surface area contributed by atoms with Crippen LogP contribution in [0.4, 0.5) is 0 Å². The van der Waals surface area contributed by atoms with E-state index in [2.05, 4.69) is 97.0 Å². The van der Waals surface area contributed by atoms with E-state index in [-0.39, 0.29) is 5.04 Å². The highest BCUT2D eigenvalue weighted by Crippen LogP contribution is 2.39. The Hall–Kier alpha value is -1.93. The Balaban J connectivity index is 2.14. The molecule has 0 amide bonds. The van der Waals surface area contributed by atoms with Gasteiger partial charge in [-0.05, 0) is 28.4 Å². The monoisotopic (exact) mass is 377 g/mol. The van der Waals surface area contributed by atoms with Crippen LogP contribution < -0.4 is 10.4 Å². The third kappa shape index (κ3) is 3.86. The molecule has 0 spiro atoms. The number of hydrogen-bond acceptors (Lipinski definition) is 3. The van der Waals surface area contributed by atoms with E-state index in [1.165, 1.54) is 10.4 Å². The van der Waals surface area contributed by atoms with Crippen LogP contribution in [0.5, 0.6) is 0 Å². The molecule has 0 radical (unpaired) electrons. The van der Waals surface area contributed by atoms with E-state index in [4.69, 9.17) is 5.26 Å². The van der Waals surface area contributed by atoms with Crippen LogP contribution in [-0.2, 0) is 0 Å². The van der Waals surface area contributed by atoms with E-state index < -0.39 is 8.24 Å². The lowest BCUT2D eigenvalue weighted by molar-refractivity contribution is 0.142. The molecule has 0 N–H and O–H groups in total. The quantitative estimate of drug-likeness (QED) is 0.748. The molecular formula is C23H31N3Si. The third-order valence-electron chi connectivity index (χ3n) is 5.76. The van der Waals surface area contributed by atoms with E-state index in [1.54, 1.807) is 0 Å². The molecular weight excluding hydrogens is 346 g/mol. The molecule has 0 aromatic heterocycles. The van der Waals surface area contributed by atoms with Crippen molar-refractivity contribution in [2.24, 2.45) is 0 Å². The topological polar surface area (TPSA) is 30.3 Å². The Kier molecular flexibility index (Phi) is 6.16. The minimum atomic E-state index is -2.22. The van der Waals surface area contributed by atoms with Gasteiger partial charge in [0.2, 0.25) is 0 Å². The van der Waals surface area contributed by atoms with Gasteiger partial charge in [0.05, 0.1) is 6.07 Å². The van der Waals surface area contributed by atoms with Crippen molar-refractivity contribution < 1.29 is 0 Å². The minimum absolute atomic E-state index is 0.133. The van der Waals surface area contributed by atoms with Crippen LogP contribution in [-0.4, -0.2) is 44.0 Å². The number of hydrogen-bond donors (Lipinski definition) is 0. The maximum Gasteiger partial charge on any atom is 0.199 e. The first-order valence-electron chi connectivity index (χ1n) is 9.95. The summed E-state index contributed by atoms with van der Waals surface area (Å²) in [4.78, 5) is 2.46. The average Bonchev–Trinajstić information content (AvgIpc) is 2.68. The number of rotatable bonds is 5. The van der Waals surface area contributed by atoms with Crippen molar-refractivity contribution in [2.75, 3.05) is 26.3 Å². The van der Waals surface area contributed by atoms with Crippen molar-refractivity contribution in [3.63, 3.8) is 0 Å². The predicted molar refractivity (Wildman–Crippen MR) is 116 cm³/mol. The van der Waals surface area contributed by atoms with Gasteiger partial charge in [-0.2, -0.15) is 5.26 Å². The molecule has 1 heterocycles. The molecule has 0 saturated carbocycles. The molecule has 2 aromatic carbocycles. The summed E-state index contributed by atoms with van der Waals surface area (Å²) in [5, 5.41) is 12.1. The van der Waals surface area contributed by atoms with Crippen molar-refractivity contribution >= 4 is 18.6 Å². The molecule has 1 fully saturated rings.